The van der Waals surface area contributed by atoms with E-state index in [1.54, 1.807) is 0 Å². The first-order valence-corrected chi connectivity index (χ1v) is 4.63. The smallest absolute Gasteiger partial charge is 0.264 e. The summed E-state index contributed by atoms with van der Waals surface area (Å²) < 4.78 is 36.7. The molecule has 0 unspecified atom stereocenters. The molecule has 0 aliphatic carbocycles. The van der Waals surface area contributed by atoms with E-state index in [0.717, 1.165) is 12.3 Å². The zero-order valence-corrected chi connectivity index (χ0v) is 8.06. The molecule has 0 N–H and O–H groups in total. The van der Waals surface area contributed by atoms with Crippen molar-refractivity contribution in [2.75, 3.05) is 0 Å². The standard InChI is InChI=1S/C7H5F3IN/c8-7(9,10)6-1-5(2-11)3-12-4-6/h1,3-4H,2H2. The predicted molar refractivity (Wildman–Crippen MR) is 47.0 cm³/mol. The molecule has 0 saturated carbocycles. The summed E-state index contributed by atoms with van der Waals surface area (Å²) in [6.45, 7) is 0. The molecule has 0 aliphatic rings. The molecule has 0 bridgehead atoms. The molecule has 0 atom stereocenters. The fraction of sp³-hybridized carbons (Fsp3) is 0.286. The third-order valence-corrected chi connectivity index (χ3v) is 2.16. The van der Waals surface area contributed by atoms with Crippen LogP contribution in [0.25, 0.3) is 0 Å². The third-order valence-electron chi connectivity index (χ3n) is 1.28. The van der Waals surface area contributed by atoms with Gasteiger partial charge in [0.05, 0.1) is 5.56 Å². The van der Waals surface area contributed by atoms with Crippen LogP contribution < -0.4 is 0 Å². The number of alkyl halides is 4. The van der Waals surface area contributed by atoms with Crippen LogP contribution in [-0.2, 0) is 10.6 Å². The van der Waals surface area contributed by atoms with Gasteiger partial charge in [0.2, 0.25) is 0 Å². The van der Waals surface area contributed by atoms with Crippen LogP contribution in [0.1, 0.15) is 11.1 Å². The average molecular weight is 287 g/mol. The van der Waals surface area contributed by atoms with Crippen molar-refractivity contribution in [3.63, 3.8) is 0 Å². The molecule has 0 aliphatic heterocycles. The second-order valence-electron chi connectivity index (χ2n) is 2.21. The lowest BCUT2D eigenvalue weighted by atomic mass is 10.2. The van der Waals surface area contributed by atoms with Crippen LogP contribution in [0, 0.1) is 0 Å². The van der Waals surface area contributed by atoms with Crippen molar-refractivity contribution in [2.45, 2.75) is 10.6 Å². The first-order valence-electron chi connectivity index (χ1n) is 3.11. The van der Waals surface area contributed by atoms with Crippen LogP contribution in [0.3, 0.4) is 0 Å². The average Bonchev–Trinajstić information content (AvgIpc) is 2.03. The molecule has 0 fully saturated rings. The number of nitrogens with zero attached hydrogens (tertiary/aromatic N) is 1. The van der Waals surface area contributed by atoms with E-state index in [1.807, 2.05) is 22.6 Å². The highest BCUT2D eigenvalue weighted by Gasteiger charge is 2.30. The van der Waals surface area contributed by atoms with Crippen LogP contribution in [0.5, 0.6) is 0 Å². The first kappa shape index (κ1) is 9.76. The van der Waals surface area contributed by atoms with Gasteiger partial charge in [-0.05, 0) is 11.6 Å². The highest BCUT2D eigenvalue weighted by molar-refractivity contribution is 14.1. The van der Waals surface area contributed by atoms with Crippen molar-refractivity contribution in [3.05, 3.63) is 29.6 Å². The Kier molecular flexibility index (Phi) is 2.92. The monoisotopic (exact) mass is 287 g/mol. The van der Waals surface area contributed by atoms with E-state index in [4.69, 9.17) is 0 Å². The van der Waals surface area contributed by atoms with Gasteiger partial charge in [0, 0.05) is 16.8 Å². The van der Waals surface area contributed by atoms with Crippen molar-refractivity contribution in [3.8, 4) is 0 Å². The number of hydrogen-bond donors (Lipinski definition) is 0. The third kappa shape index (κ3) is 2.33. The minimum absolute atomic E-state index is 0.536. The fourth-order valence-electron chi connectivity index (χ4n) is 0.716. The van der Waals surface area contributed by atoms with E-state index in [9.17, 15) is 13.2 Å². The SMILES string of the molecule is FC(F)(F)c1cncc(CI)c1. The molecular weight excluding hydrogens is 282 g/mol. The Balaban J connectivity index is 3.02. The van der Waals surface area contributed by atoms with Gasteiger partial charge >= 0.3 is 6.18 Å². The summed E-state index contributed by atoms with van der Waals surface area (Å²) in [5.74, 6) is 0. The number of hydrogen-bond acceptors (Lipinski definition) is 1. The van der Waals surface area contributed by atoms with Gasteiger partial charge in [-0.25, -0.2) is 0 Å². The Hall–Kier alpha value is -0.330. The lowest BCUT2D eigenvalue weighted by Gasteiger charge is -2.05. The second-order valence-corrected chi connectivity index (χ2v) is 2.98. The molecule has 1 aromatic rings. The maximum atomic E-state index is 12.1. The number of halogens is 4. The van der Waals surface area contributed by atoms with E-state index in [-0.39, 0.29) is 0 Å². The predicted octanol–water partition coefficient (Wildman–Crippen LogP) is 3.04. The van der Waals surface area contributed by atoms with Gasteiger partial charge in [-0.2, -0.15) is 13.2 Å². The van der Waals surface area contributed by atoms with Gasteiger partial charge in [-0.1, -0.05) is 22.6 Å². The van der Waals surface area contributed by atoms with Crippen molar-refractivity contribution >= 4 is 22.6 Å². The lowest BCUT2D eigenvalue weighted by molar-refractivity contribution is -0.137. The highest BCUT2D eigenvalue weighted by atomic mass is 127. The molecule has 66 valence electrons. The van der Waals surface area contributed by atoms with Crippen molar-refractivity contribution in [1.29, 1.82) is 0 Å². The van der Waals surface area contributed by atoms with Crippen molar-refractivity contribution < 1.29 is 13.2 Å². The van der Waals surface area contributed by atoms with Crippen LogP contribution in [0.2, 0.25) is 0 Å². The van der Waals surface area contributed by atoms with Gasteiger partial charge in [-0.3, -0.25) is 4.98 Å². The fourth-order valence-corrected chi connectivity index (χ4v) is 1.13. The number of pyridine rings is 1. The van der Waals surface area contributed by atoms with Crippen LogP contribution in [0.15, 0.2) is 18.5 Å². The van der Waals surface area contributed by atoms with Gasteiger partial charge in [0.15, 0.2) is 0 Å². The zero-order chi connectivity index (χ0) is 9.19. The minimum atomic E-state index is -4.28. The normalized spacial score (nSPS) is 11.7. The first-order chi connectivity index (χ1) is 5.54. The largest absolute Gasteiger partial charge is 0.417 e. The van der Waals surface area contributed by atoms with E-state index in [2.05, 4.69) is 4.98 Å². The maximum Gasteiger partial charge on any atom is 0.417 e. The van der Waals surface area contributed by atoms with E-state index in [0.29, 0.717) is 9.99 Å². The second kappa shape index (κ2) is 3.59. The van der Waals surface area contributed by atoms with Crippen molar-refractivity contribution in [1.82, 2.24) is 4.98 Å². The zero-order valence-electron chi connectivity index (χ0n) is 5.90. The molecule has 0 aromatic carbocycles. The van der Waals surface area contributed by atoms with E-state index >= 15 is 0 Å². The van der Waals surface area contributed by atoms with Crippen LogP contribution in [-0.4, -0.2) is 4.98 Å². The lowest BCUT2D eigenvalue weighted by Crippen LogP contribution is -2.05. The molecule has 12 heavy (non-hydrogen) atoms. The van der Waals surface area contributed by atoms with Gasteiger partial charge < -0.3 is 0 Å². The Labute approximate surface area is 81.1 Å². The number of aromatic nitrogens is 1. The Morgan fingerprint density at radius 1 is 1.33 bits per heavy atom. The summed E-state index contributed by atoms with van der Waals surface area (Å²) in [4.78, 5) is 3.50. The summed E-state index contributed by atoms with van der Waals surface area (Å²) in [7, 11) is 0. The van der Waals surface area contributed by atoms with E-state index in [1.165, 1.54) is 6.20 Å². The molecule has 1 rings (SSSR count). The molecule has 1 heterocycles. The molecule has 0 spiro atoms. The number of rotatable bonds is 1. The quantitative estimate of drug-likeness (QED) is 0.571. The highest BCUT2D eigenvalue weighted by Crippen LogP contribution is 2.29. The summed E-state index contributed by atoms with van der Waals surface area (Å²) in [6.07, 6.45) is -2.02. The van der Waals surface area contributed by atoms with Crippen molar-refractivity contribution in [2.24, 2.45) is 0 Å². The molecule has 1 nitrogen and oxygen atoms in total. The Bertz CT molecular complexity index is 272. The van der Waals surface area contributed by atoms with E-state index < -0.39 is 11.7 Å². The molecule has 1 aromatic heterocycles. The van der Waals surface area contributed by atoms with Gasteiger partial charge in [-0.15, -0.1) is 0 Å². The Morgan fingerprint density at radius 2 is 2.00 bits per heavy atom. The van der Waals surface area contributed by atoms with Crippen LogP contribution >= 0.6 is 22.6 Å². The summed E-state index contributed by atoms with van der Waals surface area (Å²) in [5, 5.41) is 0. The van der Waals surface area contributed by atoms with Crippen LogP contribution in [0.4, 0.5) is 13.2 Å². The van der Waals surface area contributed by atoms with Gasteiger partial charge in [0.1, 0.15) is 0 Å². The maximum absolute atomic E-state index is 12.1. The molecule has 0 radical (unpaired) electrons. The molecule has 0 amide bonds. The summed E-state index contributed by atoms with van der Waals surface area (Å²) in [6, 6.07) is 1.11. The molecule has 0 saturated heterocycles. The summed E-state index contributed by atoms with van der Waals surface area (Å²) >= 11 is 1.99. The summed E-state index contributed by atoms with van der Waals surface area (Å²) in [5.41, 5.74) is -0.0953. The Morgan fingerprint density at radius 3 is 2.50 bits per heavy atom. The molecular formula is C7H5F3IN. The minimum Gasteiger partial charge on any atom is -0.264 e. The molecule has 5 heteroatoms. The topological polar surface area (TPSA) is 12.9 Å². The van der Waals surface area contributed by atoms with Gasteiger partial charge in [0.25, 0.3) is 0 Å².